The Morgan fingerprint density at radius 3 is 2.60 bits per heavy atom. The van der Waals surface area contributed by atoms with Crippen LogP contribution in [0.3, 0.4) is 0 Å². The van der Waals surface area contributed by atoms with Gasteiger partial charge in [-0.3, -0.25) is 18.9 Å². The summed E-state index contributed by atoms with van der Waals surface area (Å²) in [4.78, 5) is 32.9. The number of halogens is 2. The van der Waals surface area contributed by atoms with Gasteiger partial charge in [0.25, 0.3) is 5.78 Å². The first-order valence-electron chi connectivity index (χ1n) is 12.0. The maximum absolute atomic E-state index is 13.6. The number of Topliss-reactive ketones (excluding diaryl/α,β-unsaturated/α-hetero) is 1. The van der Waals surface area contributed by atoms with Gasteiger partial charge in [0.1, 0.15) is 11.3 Å². The standard InChI is InChI=1S/C28H19Cl2N5O3S2/c1-15-22(34-12-3-2-7-20(34)31-15)24(36)21-23(17-5-4-6-19(30)13-17)35(26(38)25(21)37)27-32-33-28(40-27)39-14-16-8-10-18(29)11-9-16/h2-13,23,36H,14H2,1H3. The fraction of sp³-hybridized carbons (Fsp3) is 0.107. The molecule has 12 heteroatoms. The molecule has 0 spiro atoms. The number of rotatable bonds is 6. The van der Waals surface area contributed by atoms with E-state index in [9.17, 15) is 14.7 Å². The zero-order valence-corrected chi connectivity index (χ0v) is 23.9. The fourth-order valence-electron chi connectivity index (χ4n) is 4.63. The van der Waals surface area contributed by atoms with E-state index in [1.165, 1.54) is 28.0 Å². The summed E-state index contributed by atoms with van der Waals surface area (Å²) >= 11 is 14.9. The smallest absolute Gasteiger partial charge is 0.301 e. The van der Waals surface area contributed by atoms with Crippen LogP contribution in [0.5, 0.6) is 0 Å². The number of ketones is 1. The third-order valence-corrected chi connectivity index (χ3v) is 9.03. The van der Waals surface area contributed by atoms with Crippen LogP contribution < -0.4 is 4.90 Å². The number of pyridine rings is 1. The molecule has 1 atom stereocenters. The number of thioether (sulfide) groups is 1. The lowest BCUT2D eigenvalue weighted by Gasteiger charge is -2.22. The molecule has 1 amide bonds. The number of aryl methyl sites for hydroxylation is 1. The number of aliphatic hydroxyl groups excluding tert-OH is 1. The lowest BCUT2D eigenvalue weighted by molar-refractivity contribution is -0.132. The second kappa shape index (κ2) is 10.7. The zero-order valence-electron chi connectivity index (χ0n) is 20.8. The number of aliphatic hydroxyl groups is 1. The maximum Gasteiger partial charge on any atom is 0.301 e. The zero-order chi connectivity index (χ0) is 28.0. The monoisotopic (exact) mass is 607 g/mol. The van der Waals surface area contributed by atoms with Gasteiger partial charge in [-0.05, 0) is 54.4 Å². The van der Waals surface area contributed by atoms with Crippen LogP contribution in [0.25, 0.3) is 11.4 Å². The summed E-state index contributed by atoms with van der Waals surface area (Å²) < 4.78 is 2.30. The van der Waals surface area contributed by atoms with E-state index in [0.29, 0.717) is 42.7 Å². The Hall–Kier alpha value is -3.70. The van der Waals surface area contributed by atoms with E-state index in [1.807, 2.05) is 30.3 Å². The normalized spacial score (nSPS) is 16.8. The molecule has 2 aromatic carbocycles. The minimum atomic E-state index is -0.977. The molecule has 40 heavy (non-hydrogen) atoms. The number of amides is 1. The Morgan fingerprint density at radius 1 is 1.02 bits per heavy atom. The number of nitrogens with zero attached hydrogens (tertiary/aromatic N) is 5. The summed E-state index contributed by atoms with van der Waals surface area (Å²) in [5, 5.41) is 21.4. The SMILES string of the molecule is Cc1nc2ccccn2c1C(O)=C1C(=O)C(=O)N(c2nnc(SCc3ccc(Cl)cc3)s2)C1c1cccc(Cl)c1. The van der Waals surface area contributed by atoms with Crippen LogP contribution in [-0.2, 0) is 15.3 Å². The molecule has 0 saturated carbocycles. The van der Waals surface area contributed by atoms with E-state index in [-0.39, 0.29) is 16.5 Å². The molecule has 0 radical (unpaired) electrons. The number of benzene rings is 2. The first-order chi connectivity index (χ1) is 19.3. The molecule has 1 unspecified atom stereocenters. The van der Waals surface area contributed by atoms with Gasteiger partial charge in [0.2, 0.25) is 5.13 Å². The van der Waals surface area contributed by atoms with Gasteiger partial charge in [0.05, 0.1) is 17.3 Å². The molecule has 0 aliphatic carbocycles. The summed E-state index contributed by atoms with van der Waals surface area (Å²) in [6, 6.07) is 18.8. The van der Waals surface area contributed by atoms with Gasteiger partial charge in [-0.1, -0.05) is 76.6 Å². The number of carbonyl (C=O) groups excluding carboxylic acids is 2. The van der Waals surface area contributed by atoms with Crippen molar-refractivity contribution in [3.05, 3.63) is 111 Å². The van der Waals surface area contributed by atoms with Gasteiger partial charge in [0.15, 0.2) is 10.1 Å². The molecule has 200 valence electrons. The Balaban J connectivity index is 1.43. The Labute approximate surface area is 246 Å². The fourth-order valence-corrected chi connectivity index (χ4v) is 6.78. The van der Waals surface area contributed by atoms with E-state index < -0.39 is 17.7 Å². The molecule has 1 N–H and O–H groups in total. The van der Waals surface area contributed by atoms with Crippen molar-refractivity contribution in [2.45, 2.75) is 23.1 Å². The minimum absolute atomic E-state index is 0.0772. The topological polar surface area (TPSA) is 101 Å². The molecular weight excluding hydrogens is 589 g/mol. The van der Waals surface area contributed by atoms with Gasteiger partial charge in [-0.2, -0.15) is 0 Å². The van der Waals surface area contributed by atoms with Crippen molar-refractivity contribution in [3.8, 4) is 0 Å². The highest BCUT2D eigenvalue weighted by atomic mass is 35.5. The molecule has 4 heterocycles. The maximum atomic E-state index is 13.6. The van der Waals surface area contributed by atoms with Gasteiger partial charge in [0, 0.05) is 22.0 Å². The van der Waals surface area contributed by atoms with Gasteiger partial charge in [-0.25, -0.2) is 4.98 Å². The summed E-state index contributed by atoms with van der Waals surface area (Å²) in [6.07, 6.45) is 1.74. The average Bonchev–Trinajstić information content (AvgIpc) is 3.62. The van der Waals surface area contributed by atoms with Gasteiger partial charge >= 0.3 is 5.91 Å². The van der Waals surface area contributed by atoms with Crippen LogP contribution in [0, 0.1) is 6.92 Å². The lowest BCUT2D eigenvalue weighted by atomic mass is 9.96. The van der Waals surface area contributed by atoms with Crippen LogP contribution in [0.1, 0.15) is 28.6 Å². The van der Waals surface area contributed by atoms with Crippen molar-refractivity contribution >= 4 is 74.5 Å². The number of hydrogen-bond donors (Lipinski definition) is 1. The Morgan fingerprint density at radius 2 is 1.82 bits per heavy atom. The van der Waals surface area contributed by atoms with Crippen molar-refractivity contribution in [2.75, 3.05) is 4.90 Å². The Kier molecular flexibility index (Phi) is 7.09. The lowest BCUT2D eigenvalue weighted by Crippen LogP contribution is -2.29. The first kappa shape index (κ1) is 26.5. The number of anilines is 1. The molecule has 1 saturated heterocycles. The van der Waals surface area contributed by atoms with Crippen molar-refractivity contribution in [2.24, 2.45) is 0 Å². The molecule has 8 nitrogen and oxygen atoms in total. The van der Waals surface area contributed by atoms with Crippen molar-refractivity contribution in [1.29, 1.82) is 0 Å². The quantitative estimate of drug-likeness (QED) is 0.0751. The van der Waals surface area contributed by atoms with E-state index >= 15 is 0 Å². The summed E-state index contributed by atoms with van der Waals surface area (Å²) in [5.41, 5.74) is 2.96. The van der Waals surface area contributed by atoms with E-state index in [0.717, 1.165) is 5.56 Å². The second-order valence-electron chi connectivity index (χ2n) is 8.96. The highest BCUT2D eigenvalue weighted by Crippen LogP contribution is 2.44. The van der Waals surface area contributed by atoms with E-state index in [2.05, 4.69) is 15.2 Å². The van der Waals surface area contributed by atoms with Crippen LogP contribution >= 0.6 is 46.3 Å². The van der Waals surface area contributed by atoms with E-state index in [1.54, 1.807) is 53.9 Å². The van der Waals surface area contributed by atoms with Crippen LogP contribution in [0.15, 0.2) is 82.8 Å². The third-order valence-electron chi connectivity index (χ3n) is 6.41. The summed E-state index contributed by atoms with van der Waals surface area (Å²) in [5.74, 6) is -1.36. The minimum Gasteiger partial charge on any atom is -0.505 e. The predicted molar refractivity (Wildman–Crippen MR) is 157 cm³/mol. The largest absolute Gasteiger partial charge is 0.505 e. The predicted octanol–water partition coefficient (Wildman–Crippen LogP) is 6.72. The van der Waals surface area contributed by atoms with Gasteiger partial charge in [-0.15, -0.1) is 10.2 Å². The Bertz CT molecular complexity index is 1820. The second-order valence-corrected chi connectivity index (χ2v) is 12.0. The third kappa shape index (κ3) is 4.77. The van der Waals surface area contributed by atoms with Gasteiger partial charge < -0.3 is 5.11 Å². The molecular formula is C28H19Cl2N5O3S2. The number of carbonyl (C=O) groups is 2. The van der Waals surface area contributed by atoms with Crippen molar-refractivity contribution in [3.63, 3.8) is 0 Å². The molecule has 1 aliphatic heterocycles. The van der Waals surface area contributed by atoms with E-state index in [4.69, 9.17) is 23.2 Å². The number of imidazole rings is 1. The average molecular weight is 609 g/mol. The highest BCUT2D eigenvalue weighted by molar-refractivity contribution is 8.00. The molecule has 5 aromatic rings. The first-order valence-corrected chi connectivity index (χ1v) is 14.6. The van der Waals surface area contributed by atoms with Crippen LogP contribution in [-0.4, -0.2) is 36.4 Å². The van der Waals surface area contributed by atoms with Crippen molar-refractivity contribution in [1.82, 2.24) is 19.6 Å². The number of hydrogen-bond acceptors (Lipinski definition) is 8. The van der Waals surface area contributed by atoms with Crippen LogP contribution in [0.4, 0.5) is 5.13 Å². The summed E-state index contributed by atoms with van der Waals surface area (Å²) in [7, 11) is 0. The van der Waals surface area contributed by atoms with Crippen LogP contribution in [0.2, 0.25) is 10.0 Å². The number of fused-ring (bicyclic) bond motifs is 1. The molecule has 3 aromatic heterocycles. The molecule has 6 rings (SSSR count). The van der Waals surface area contributed by atoms with Crippen molar-refractivity contribution < 1.29 is 14.7 Å². The molecule has 1 aliphatic rings. The summed E-state index contributed by atoms with van der Waals surface area (Å²) in [6.45, 7) is 1.74. The molecule has 0 bridgehead atoms. The molecule has 1 fully saturated rings. The number of aromatic nitrogens is 4. The highest BCUT2D eigenvalue weighted by Gasteiger charge is 2.49.